The van der Waals surface area contributed by atoms with Crippen molar-refractivity contribution in [1.82, 2.24) is 25.9 Å². The van der Waals surface area contributed by atoms with E-state index in [9.17, 15) is 18.4 Å². The van der Waals surface area contributed by atoms with Gasteiger partial charge in [-0.15, -0.1) is 0 Å². The van der Waals surface area contributed by atoms with E-state index in [2.05, 4.69) is 42.9 Å². The van der Waals surface area contributed by atoms with E-state index in [4.69, 9.17) is 4.74 Å². The Labute approximate surface area is 241 Å². The number of methoxy groups -OCH3 is 1. The highest BCUT2D eigenvalue weighted by Gasteiger charge is 2.33. The highest BCUT2D eigenvalue weighted by molar-refractivity contribution is 8.14. The monoisotopic (exact) mass is 583 g/mol. The van der Waals surface area contributed by atoms with Crippen LogP contribution in [0.5, 0.6) is 0 Å². The summed E-state index contributed by atoms with van der Waals surface area (Å²) in [7, 11) is 1.42. The number of rotatable bonds is 7. The summed E-state index contributed by atoms with van der Waals surface area (Å²) in [6.07, 6.45) is 6.00. The molecule has 2 amide bonds. The van der Waals surface area contributed by atoms with E-state index in [-0.39, 0.29) is 29.1 Å². The summed E-state index contributed by atoms with van der Waals surface area (Å²) in [5, 5.41) is 9.66. The van der Waals surface area contributed by atoms with Gasteiger partial charge in [-0.2, -0.15) is 5.10 Å². The van der Waals surface area contributed by atoms with Crippen LogP contribution in [0.2, 0.25) is 0 Å². The molecule has 0 spiro atoms. The number of carbonyl (C=O) groups is 2. The van der Waals surface area contributed by atoms with Crippen molar-refractivity contribution >= 4 is 40.1 Å². The minimum Gasteiger partial charge on any atom is -0.495 e. The number of hydrogen-bond donors (Lipinski definition) is 3. The summed E-state index contributed by atoms with van der Waals surface area (Å²) in [5.74, 6) is 7.41. The van der Waals surface area contributed by atoms with Gasteiger partial charge in [0, 0.05) is 49.1 Å². The van der Waals surface area contributed by atoms with Crippen molar-refractivity contribution in [1.29, 1.82) is 0 Å². The summed E-state index contributed by atoms with van der Waals surface area (Å²) in [6.45, 7) is 2.35. The summed E-state index contributed by atoms with van der Waals surface area (Å²) >= 11 is 1.28. The van der Waals surface area contributed by atoms with Gasteiger partial charge in [0.15, 0.2) is 10.5 Å². The van der Waals surface area contributed by atoms with Crippen LogP contribution in [-0.2, 0) is 9.53 Å². The van der Waals surface area contributed by atoms with Gasteiger partial charge >= 0.3 is 0 Å². The maximum absolute atomic E-state index is 13.7. The van der Waals surface area contributed by atoms with Crippen molar-refractivity contribution < 1.29 is 23.1 Å². The number of pyridine rings is 1. The average molecular weight is 584 g/mol. The minimum absolute atomic E-state index is 0.0964. The Kier molecular flexibility index (Phi) is 7.86. The van der Waals surface area contributed by atoms with Crippen LogP contribution < -0.4 is 21.0 Å². The molecule has 2 unspecified atom stereocenters. The van der Waals surface area contributed by atoms with Gasteiger partial charge in [0.2, 0.25) is 5.91 Å². The van der Waals surface area contributed by atoms with Crippen molar-refractivity contribution in [2.24, 2.45) is 16.9 Å². The third-order valence-electron chi connectivity index (χ3n) is 7.45. The first-order valence-corrected chi connectivity index (χ1v) is 14.6. The molecule has 0 aromatic carbocycles. The van der Waals surface area contributed by atoms with E-state index in [1.54, 1.807) is 11.0 Å². The van der Waals surface area contributed by atoms with Crippen LogP contribution in [-0.4, -0.2) is 78.0 Å². The van der Waals surface area contributed by atoms with Crippen molar-refractivity contribution in [3.05, 3.63) is 41.4 Å². The predicted molar refractivity (Wildman–Crippen MR) is 152 cm³/mol. The Bertz CT molecular complexity index is 1380. The van der Waals surface area contributed by atoms with Gasteiger partial charge in [-0.1, -0.05) is 11.8 Å². The third kappa shape index (κ3) is 6.49. The lowest BCUT2D eigenvalue weighted by molar-refractivity contribution is -0.121. The Morgan fingerprint density at radius 3 is 2.80 bits per heavy atom. The van der Waals surface area contributed by atoms with Crippen molar-refractivity contribution in [3.8, 4) is 11.8 Å². The van der Waals surface area contributed by atoms with Crippen LogP contribution in [0.15, 0.2) is 35.4 Å². The largest absolute Gasteiger partial charge is 0.495 e. The molecule has 4 heterocycles. The number of nitrogens with one attached hydrogen (secondary N) is 3. The molecule has 1 aromatic rings. The maximum Gasteiger partial charge on any atom is 0.261 e. The highest BCUT2D eigenvalue weighted by Crippen LogP contribution is 2.34. The lowest BCUT2D eigenvalue weighted by Crippen LogP contribution is -2.51. The predicted octanol–water partition coefficient (Wildman–Crippen LogP) is 2.33. The standard InChI is InChI=1S/C28H31F2N7O3S/c1-40-22-13-31-21(26(29)30)10-19(22)18-11-23(37-9-8-36(15-25(37)38)14-17-4-5-17)32-12-20(18)27(39)33-28-35-34-24(41-28)7-6-16-2-3-16/h10-13,16-17,21,24,26,31,34H,2-5,8-9,14-15H2,1H3,(H,33,35,39). The van der Waals surface area contributed by atoms with Gasteiger partial charge in [0.05, 0.1) is 19.2 Å². The quantitative estimate of drug-likeness (QED) is 0.420. The van der Waals surface area contributed by atoms with Gasteiger partial charge < -0.3 is 10.1 Å². The molecule has 2 saturated carbocycles. The van der Waals surface area contributed by atoms with E-state index in [0.717, 1.165) is 19.4 Å². The minimum atomic E-state index is -2.69. The van der Waals surface area contributed by atoms with E-state index in [0.29, 0.717) is 47.0 Å². The first kappa shape index (κ1) is 27.5. The molecule has 3 N–H and O–H groups in total. The molecule has 0 bridgehead atoms. The summed E-state index contributed by atoms with van der Waals surface area (Å²) in [4.78, 5) is 34.8. The second-order valence-electron chi connectivity index (χ2n) is 10.7. The van der Waals surface area contributed by atoms with Crippen LogP contribution in [0.4, 0.5) is 14.6 Å². The van der Waals surface area contributed by atoms with E-state index >= 15 is 0 Å². The van der Waals surface area contributed by atoms with Crippen molar-refractivity contribution in [2.75, 3.05) is 38.2 Å². The third-order valence-corrected chi connectivity index (χ3v) is 8.33. The number of dihydropyridines is 1. The zero-order valence-corrected chi connectivity index (χ0v) is 23.3. The lowest BCUT2D eigenvalue weighted by atomic mass is 9.95. The molecule has 13 heteroatoms. The number of amides is 2. The molecule has 41 heavy (non-hydrogen) atoms. The Morgan fingerprint density at radius 2 is 2.10 bits per heavy atom. The molecule has 216 valence electrons. The number of anilines is 1. The molecule has 1 saturated heterocycles. The van der Waals surface area contributed by atoms with Crippen LogP contribution in [0, 0.1) is 23.7 Å². The zero-order chi connectivity index (χ0) is 28.5. The lowest BCUT2D eigenvalue weighted by Gasteiger charge is -2.34. The second-order valence-corrected chi connectivity index (χ2v) is 11.8. The molecule has 1 aromatic heterocycles. The fraction of sp³-hybridized carbons (Fsp3) is 0.500. The van der Waals surface area contributed by atoms with Crippen molar-refractivity contribution in [3.63, 3.8) is 0 Å². The number of ether oxygens (including phenoxy) is 1. The zero-order valence-electron chi connectivity index (χ0n) is 22.5. The average Bonchev–Trinajstić information content (AvgIpc) is 3.91. The number of thioether (sulfide) groups is 1. The number of carbonyl (C=O) groups excluding carboxylic acids is 2. The van der Waals surface area contributed by atoms with Gasteiger partial charge in [0.1, 0.15) is 17.6 Å². The number of piperazine rings is 1. The van der Waals surface area contributed by atoms with Crippen LogP contribution in [0.3, 0.4) is 0 Å². The molecule has 3 fully saturated rings. The van der Waals surface area contributed by atoms with Crippen LogP contribution >= 0.6 is 11.8 Å². The number of halogens is 2. The Morgan fingerprint density at radius 1 is 1.27 bits per heavy atom. The molecule has 2 aliphatic carbocycles. The first-order valence-electron chi connectivity index (χ1n) is 13.7. The molecule has 3 aliphatic heterocycles. The molecular formula is C28H31F2N7O3S. The molecule has 5 aliphatic rings. The number of amidine groups is 1. The van der Waals surface area contributed by atoms with Crippen LogP contribution in [0.1, 0.15) is 41.6 Å². The number of alkyl halides is 2. The molecule has 6 rings (SSSR count). The fourth-order valence-corrected chi connectivity index (χ4v) is 5.58. The van der Waals surface area contributed by atoms with E-state index < -0.39 is 18.4 Å². The van der Waals surface area contributed by atoms with Gasteiger partial charge in [-0.25, -0.2) is 13.8 Å². The molecule has 10 nitrogen and oxygen atoms in total. The van der Waals surface area contributed by atoms with Crippen molar-refractivity contribution in [2.45, 2.75) is 43.5 Å². The molecular weight excluding hydrogens is 552 g/mol. The van der Waals surface area contributed by atoms with Gasteiger partial charge in [0.25, 0.3) is 12.3 Å². The maximum atomic E-state index is 13.7. The SMILES string of the molecule is COC1=CNC(C(F)F)C=C1c1cc(N2CCN(CC3CC3)CC2=O)ncc1C(=O)NC1=NNC(C#CC2CC2)S1. The molecule has 0 radical (unpaired) electrons. The summed E-state index contributed by atoms with van der Waals surface area (Å²) in [6, 6.07) is 0.315. The first-order chi connectivity index (χ1) is 19.9. The smallest absolute Gasteiger partial charge is 0.261 e. The van der Waals surface area contributed by atoms with E-state index in [1.807, 2.05) is 0 Å². The van der Waals surface area contributed by atoms with Gasteiger partial charge in [-0.05, 0) is 55.5 Å². The number of nitrogens with zero attached hydrogens (tertiary/aromatic N) is 4. The topological polar surface area (TPSA) is 111 Å². The summed E-state index contributed by atoms with van der Waals surface area (Å²) < 4.78 is 32.9. The number of hydrazone groups is 1. The van der Waals surface area contributed by atoms with Gasteiger partial charge in [-0.3, -0.25) is 30.1 Å². The Hall–Kier alpha value is -3.63. The molecule has 2 atom stereocenters. The highest BCUT2D eigenvalue weighted by atomic mass is 32.2. The number of allylic oxidation sites excluding steroid dienone is 1. The second kappa shape index (κ2) is 11.7. The number of aromatic nitrogens is 1. The Balaban J connectivity index is 1.27. The van der Waals surface area contributed by atoms with E-state index in [1.165, 1.54) is 50.2 Å². The number of hydrogen-bond acceptors (Lipinski definition) is 9. The normalized spacial score (nSPS) is 24.4. The summed E-state index contributed by atoms with van der Waals surface area (Å²) in [5.41, 5.74) is 3.66. The fourth-order valence-electron chi connectivity index (χ4n) is 4.86. The van der Waals surface area contributed by atoms with Crippen LogP contribution in [0.25, 0.3) is 5.57 Å².